The van der Waals surface area contributed by atoms with Gasteiger partial charge in [-0.05, 0) is 81.7 Å². The fourth-order valence-corrected chi connectivity index (χ4v) is 7.33. The summed E-state index contributed by atoms with van der Waals surface area (Å²) >= 11 is 0. The number of fused-ring (bicyclic) bond motifs is 2. The molecule has 4 amide bonds. The fraction of sp³-hybridized carbons (Fsp3) is 0.350. The van der Waals surface area contributed by atoms with Crippen LogP contribution in [0.4, 0.5) is 26.8 Å². The fourth-order valence-electron chi connectivity index (χ4n) is 7.33. The molecule has 2 saturated heterocycles. The van der Waals surface area contributed by atoms with Crippen molar-refractivity contribution in [2.45, 2.75) is 84.2 Å². The number of hydrogen-bond acceptors (Lipinski definition) is 5. The van der Waals surface area contributed by atoms with Crippen molar-refractivity contribution in [3.05, 3.63) is 108 Å². The summed E-state index contributed by atoms with van der Waals surface area (Å²) in [7, 11) is 0. The summed E-state index contributed by atoms with van der Waals surface area (Å²) in [6.07, 6.45) is 4.89. The third-order valence-electron chi connectivity index (χ3n) is 9.94. The summed E-state index contributed by atoms with van der Waals surface area (Å²) < 4.78 is 7.25. The second-order valence-corrected chi connectivity index (χ2v) is 14.8. The third-order valence-corrected chi connectivity index (χ3v) is 9.94. The average Bonchev–Trinajstić information content (AvgIpc) is 3.76. The van der Waals surface area contributed by atoms with E-state index in [1.807, 2.05) is 86.6 Å². The Labute approximate surface area is 293 Å². The first kappa shape index (κ1) is 33.1. The molecule has 2 aromatic heterocycles. The summed E-state index contributed by atoms with van der Waals surface area (Å²) in [4.78, 5) is 28.8. The van der Waals surface area contributed by atoms with Crippen LogP contribution in [-0.2, 0) is 11.8 Å². The Hall–Kier alpha value is -5.38. The largest absolute Gasteiger partial charge is 0.359 e. The second-order valence-electron chi connectivity index (χ2n) is 14.8. The lowest BCUT2D eigenvalue weighted by Crippen LogP contribution is -2.48. The minimum absolute atomic E-state index is 0.0790. The number of amides is 4. The number of aromatic nitrogens is 3. The lowest BCUT2D eigenvalue weighted by atomic mass is 9.86. The molecule has 50 heavy (non-hydrogen) atoms. The van der Waals surface area contributed by atoms with Gasteiger partial charge in [0.15, 0.2) is 5.76 Å². The molecule has 2 bridgehead atoms. The van der Waals surface area contributed by atoms with E-state index in [-0.39, 0.29) is 29.6 Å². The zero-order valence-corrected chi connectivity index (χ0v) is 29.4. The molecule has 4 heterocycles. The van der Waals surface area contributed by atoms with Crippen LogP contribution in [0.3, 0.4) is 0 Å². The van der Waals surface area contributed by atoms with Gasteiger partial charge in [0.25, 0.3) is 0 Å². The number of nitrogens with one attached hydrogen (secondary N) is 3. The molecule has 0 radical (unpaired) electrons. The molecular weight excluding hydrogens is 626 g/mol. The molecular formula is C40H45N7O3. The van der Waals surface area contributed by atoms with Crippen LogP contribution in [0, 0.1) is 19.8 Å². The van der Waals surface area contributed by atoms with E-state index in [9.17, 15) is 9.59 Å². The Morgan fingerprint density at radius 3 is 2.20 bits per heavy atom. The number of carbonyl (C=O) groups excluding carboxylic acids is 2. The standard InChI is InChI=1S/C40H45N7O3/c1-25-11-17-31(18-12-25)47-35(24-34(44-47)40(3,4)5)42-38(48)41-30-15-13-27(14-16-30)21-28-22-32-19-20-33(23-28)46(32)39(49)43-36-26(2)50-45-37(36)29-9-7-6-8-10-29/h6-18,24,28,32-33H,19-23H2,1-5H3,(H,43,49)(H2,41,42,48). The summed E-state index contributed by atoms with van der Waals surface area (Å²) in [5.41, 5.74) is 6.88. The Kier molecular flexibility index (Phi) is 8.94. The number of anilines is 3. The molecule has 3 aromatic carbocycles. The summed E-state index contributed by atoms with van der Waals surface area (Å²) in [6.45, 7) is 10.2. The number of benzene rings is 3. The predicted octanol–water partition coefficient (Wildman–Crippen LogP) is 9.10. The molecule has 2 atom stereocenters. The average molecular weight is 672 g/mol. The van der Waals surface area contributed by atoms with E-state index < -0.39 is 0 Å². The van der Waals surface area contributed by atoms with Crippen LogP contribution in [-0.4, -0.2) is 44.0 Å². The number of urea groups is 2. The molecule has 0 aliphatic carbocycles. The molecule has 10 heteroatoms. The van der Waals surface area contributed by atoms with Crippen LogP contribution in [0.5, 0.6) is 0 Å². The van der Waals surface area contributed by atoms with Gasteiger partial charge in [0.05, 0.1) is 11.4 Å². The first-order chi connectivity index (χ1) is 24.0. The van der Waals surface area contributed by atoms with Crippen molar-refractivity contribution in [3.8, 4) is 16.9 Å². The van der Waals surface area contributed by atoms with Crippen molar-refractivity contribution < 1.29 is 14.1 Å². The molecule has 0 spiro atoms. The Morgan fingerprint density at radius 1 is 0.860 bits per heavy atom. The van der Waals surface area contributed by atoms with Gasteiger partial charge in [0.2, 0.25) is 0 Å². The van der Waals surface area contributed by atoms with Crippen molar-refractivity contribution >= 4 is 29.3 Å². The zero-order chi connectivity index (χ0) is 35.0. The monoisotopic (exact) mass is 671 g/mol. The molecule has 2 fully saturated rings. The van der Waals surface area contributed by atoms with Gasteiger partial charge < -0.3 is 20.1 Å². The number of nitrogens with zero attached hydrogens (tertiary/aromatic N) is 4. The molecule has 2 aliphatic heterocycles. The quantitative estimate of drug-likeness (QED) is 0.160. The van der Waals surface area contributed by atoms with Crippen molar-refractivity contribution in [2.75, 3.05) is 16.0 Å². The van der Waals surface area contributed by atoms with Gasteiger partial charge in [-0.2, -0.15) is 5.10 Å². The van der Waals surface area contributed by atoms with Gasteiger partial charge in [-0.15, -0.1) is 0 Å². The van der Waals surface area contributed by atoms with E-state index in [0.717, 1.165) is 54.6 Å². The number of rotatable bonds is 7. The Balaban J connectivity index is 0.956. The van der Waals surface area contributed by atoms with Crippen molar-refractivity contribution in [3.63, 3.8) is 0 Å². The van der Waals surface area contributed by atoms with E-state index in [2.05, 4.69) is 58.9 Å². The van der Waals surface area contributed by atoms with Crippen LogP contribution in [0.15, 0.2) is 89.5 Å². The smallest absolute Gasteiger partial charge is 0.324 e. The maximum atomic E-state index is 13.6. The first-order valence-electron chi connectivity index (χ1n) is 17.5. The molecule has 3 N–H and O–H groups in total. The number of hydrogen-bond donors (Lipinski definition) is 3. The number of aryl methyl sites for hydroxylation is 2. The van der Waals surface area contributed by atoms with Gasteiger partial charge in [-0.3, -0.25) is 5.32 Å². The SMILES string of the molecule is Cc1ccc(-n2nc(C(C)(C)C)cc2NC(=O)Nc2ccc(CC3CC4CCC(C3)N4C(=O)Nc3c(-c4ccccc4)noc3C)cc2)cc1. The molecule has 5 aromatic rings. The molecule has 7 rings (SSSR count). The van der Waals surface area contributed by atoms with E-state index in [1.54, 1.807) is 4.68 Å². The van der Waals surface area contributed by atoms with Gasteiger partial charge in [-0.25, -0.2) is 14.3 Å². The van der Waals surface area contributed by atoms with E-state index in [1.165, 1.54) is 5.56 Å². The highest BCUT2D eigenvalue weighted by molar-refractivity contribution is 5.99. The van der Waals surface area contributed by atoms with Crippen molar-refractivity contribution in [1.82, 2.24) is 19.8 Å². The van der Waals surface area contributed by atoms with Gasteiger partial charge in [-0.1, -0.05) is 86.1 Å². The van der Waals surface area contributed by atoms with Crippen LogP contribution in [0.1, 0.15) is 69.0 Å². The maximum Gasteiger partial charge on any atom is 0.324 e. The van der Waals surface area contributed by atoms with E-state index >= 15 is 0 Å². The van der Waals surface area contributed by atoms with Crippen LogP contribution >= 0.6 is 0 Å². The molecule has 2 aliphatic rings. The highest BCUT2D eigenvalue weighted by atomic mass is 16.5. The predicted molar refractivity (Wildman–Crippen MR) is 197 cm³/mol. The minimum atomic E-state index is -0.328. The number of carbonyl (C=O) groups is 2. The minimum Gasteiger partial charge on any atom is -0.359 e. The highest BCUT2D eigenvalue weighted by Crippen LogP contribution is 2.41. The second kappa shape index (κ2) is 13.5. The molecule has 0 saturated carbocycles. The summed E-state index contributed by atoms with van der Waals surface area (Å²) in [5.74, 6) is 1.68. The zero-order valence-electron chi connectivity index (χ0n) is 29.4. The topological polar surface area (TPSA) is 117 Å². The Bertz CT molecular complexity index is 1960. The summed E-state index contributed by atoms with van der Waals surface area (Å²) in [6, 6.07) is 27.9. The van der Waals surface area contributed by atoms with E-state index in [4.69, 9.17) is 9.62 Å². The molecule has 258 valence electrons. The first-order valence-corrected chi connectivity index (χ1v) is 17.5. The normalized spacial score (nSPS) is 18.6. The summed E-state index contributed by atoms with van der Waals surface area (Å²) in [5, 5.41) is 18.2. The maximum absolute atomic E-state index is 13.6. The lowest BCUT2D eigenvalue weighted by Gasteiger charge is -2.39. The molecule has 10 nitrogen and oxygen atoms in total. The van der Waals surface area contributed by atoms with Crippen molar-refractivity contribution in [1.29, 1.82) is 0 Å². The third kappa shape index (κ3) is 7.01. The lowest BCUT2D eigenvalue weighted by molar-refractivity contribution is 0.131. The van der Waals surface area contributed by atoms with Crippen LogP contribution in [0.25, 0.3) is 16.9 Å². The van der Waals surface area contributed by atoms with Gasteiger partial charge >= 0.3 is 12.1 Å². The number of piperidine rings is 1. The Morgan fingerprint density at radius 2 is 1.54 bits per heavy atom. The highest BCUT2D eigenvalue weighted by Gasteiger charge is 2.43. The van der Waals surface area contributed by atoms with Gasteiger partial charge in [0, 0.05) is 34.8 Å². The molecule has 2 unspecified atom stereocenters. The van der Waals surface area contributed by atoms with Crippen LogP contribution in [0.2, 0.25) is 0 Å². The van der Waals surface area contributed by atoms with E-state index in [0.29, 0.717) is 34.6 Å². The van der Waals surface area contributed by atoms with Gasteiger partial charge in [0.1, 0.15) is 17.2 Å². The van der Waals surface area contributed by atoms with Crippen LogP contribution < -0.4 is 16.0 Å². The van der Waals surface area contributed by atoms with Crippen molar-refractivity contribution in [2.24, 2.45) is 5.92 Å².